The summed E-state index contributed by atoms with van der Waals surface area (Å²) in [5.74, 6) is -0.0436. The SMILES string of the molecule is CCN(CC)C(=O)c1cc2ccccc2c(-c2ccccn2)n1. The number of nitrogens with zero attached hydrogens (tertiary/aromatic N) is 3. The van der Waals surface area contributed by atoms with Crippen LogP contribution in [0.5, 0.6) is 0 Å². The molecule has 0 atom stereocenters. The molecule has 1 aromatic carbocycles. The highest BCUT2D eigenvalue weighted by Gasteiger charge is 2.17. The predicted octanol–water partition coefficient (Wildman–Crippen LogP) is 3.78. The van der Waals surface area contributed by atoms with Crippen molar-refractivity contribution in [2.75, 3.05) is 13.1 Å². The van der Waals surface area contributed by atoms with Crippen molar-refractivity contribution in [1.82, 2.24) is 14.9 Å². The second-order valence-electron chi connectivity index (χ2n) is 5.27. The largest absolute Gasteiger partial charge is 0.338 e. The maximum Gasteiger partial charge on any atom is 0.272 e. The fourth-order valence-corrected chi connectivity index (χ4v) is 2.68. The van der Waals surface area contributed by atoms with Gasteiger partial charge in [-0.15, -0.1) is 0 Å². The molecular weight excluding hydrogens is 286 g/mol. The Bertz CT molecular complexity index is 826. The van der Waals surface area contributed by atoms with E-state index in [1.807, 2.05) is 62.4 Å². The number of pyridine rings is 2. The lowest BCUT2D eigenvalue weighted by Crippen LogP contribution is -2.31. The normalized spacial score (nSPS) is 10.7. The third-order valence-electron chi connectivity index (χ3n) is 3.92. The molecular formula is C19H19N3O. The van der Waals surface area contributed by atoms with Crippen molar-refractivity contribution >= 4 is 16.7 Å². The van der Waals surface area contributed by atoms with Gasteiger partial charge in [-0.3, -0.25) is 9.78 Å². The maximum atomic E-state index is 12.7. The molecule has 2 aromatic heterocycles. The zero-order valence-corrected chi connectivity index (χ0v) is 13.4. The van der Waals surface area contributed by atoms with E-state index in [0.29, 0.717) is 18.8 Å². The van der Waals surface area contributed by atoms with Gasteiger partial charge in [-0.2, -0.15) is 0 Å². The molecule has 4 nitrogen and oxygen atoms in total. The number of fused-ring (bicyclic) bond motifs is 1. The Morgan fingerprint density at radius 1 is 1.04 bits per heavy atom. The van der Waals surface area contributed by atoms with Crippen LogP contribution in [-0.2, 0) is 0 Å². The van der Waals surface area contributed by atoms with Crippen molar-refractivity contribution in [1.29, 1.82) is 0 Å². The number of rotatable bonds is 4. The molecule has 116 valence electrons. The van der Waals surface area contributed by atoms with Gasteiger partial charge in [-0.1, -0.05) is 30.3 Å². The molecule has 0 saturated carbocycles. The van der Waals surface area contributed by atoms with Gasteiger partial charge in [0.05, 0.1) is 11.4 Å². The lowest BCUT2D eigenvalue weighted by atomic mass is 10.1. The van der Waals surface area contributed by atoms with E-state index in [-0.39, 0.29) is 5.91 Å². The minimum atomic E-state index is -0.0436. The Morgan fingerprint density at radius 2 is 1.78 bits per heavy atom. The average Bonchev–Trinajstić information content (AvgIpc) is 2.62. The number of amides is 1. The molecule has 0 spiro atoms. The molecule has 0 aliphatic carbocycles. The number of benzene rings is 1. The zero-order chi connectivity index (χ0) is 16.2. The van der Waals surface area contributed by atoms with Gasteiger partial charge in [0.2, 0.25) is 0 Å². The first-order valence-corrected chi connectivity index (χ1v) is 7.85. The monoisotopic (exact) mass is 305 g/mol. The van der Waals surface area contributed by atoms with Crippen LogP contribution >= 0.6 is 0 Å². The van der Waals surface area contributed by atoms with Crippen LogP contribution in [0.4, 0.5) is 0 Å². The summed E-state index contributed by atoms with van der Waals surface area (Å²) >= 11 is 0. The molecule has 0 unspecified atom stereocenters. The number of aromatic nitrogens is 2. The third kappa shape index (κ3) is 2.93. The molecule has 2 heterocycles. The van der Waals surface area contributed by atoms with Crippen molar-refractivity contribution in [2.45, 2.75) is 13.8 Å². The second-order valence-corrected chi connectivity index (χ2v) is 5.27. The Morgan fingerprint density at radius 3 is 2.48 bits per heavy atom. The van der Waals surface area contributed by atoms with Gasteiger partial charge in [0, 0.05) is 24.7 Å². The molecule has 1 amide bonds. The van der Waals surface area contributed by atoms with Gasteiger partial charge in [0.1, 0.15) is 5.69 Å². The van der Waals surface area contributed by atoms with E-state index in [0.717, 1.165) is 22.2 Å². The van der Waals surface area contributed by atoms with E-state index < -0.39 is 0 Å². The summed E-state index contributed by atoms with van der Waals surface area (Å²) in [5, 5.41) is 2.00. The number of carbonyl (C=O) groups is 1. The summed E-state index contributed by atoms with van der Waals surface area (Å²) in [4.78, 5) is 23.5. The van der Waals surface area contributed by atoms with Crippen molar-refractivity contribution in [3.8, 4) is 11.4 Å². The summed E-state index contributed by atoms with van der Waals surface area (Å²) < 4.78 is 0. The molecule has 3 rings (SSSR count). The van der Waals surface area contributed by atoms with E-state index in [2.05, 4.69) is 9.97 Å². The van der Waals surface area contributed by atoms with Crippen LogP contribution in [0, 0.1) is 0 Å². The fourth-order valence-electron chi connectivity index (χ4n) is 2.68. The van der Waals surface area contributed by atoms with E-state index >= 15 is 0 Å². The summed E-state index contributed by atoms with van der Waals surface area (Å²) in [6, 6.07) is 15.5. The summed E-state index contributed by atoms with van der Waals surface area (Å²) in [6.07, 6.45) is 1.74. The van der Waals surface area contributed by atoms with Crippen LogP contribution in [-0.4, -0.2) is 33.9 Å². The smallest absolute Gasteiger partial charge is 0.272 e. The van der Waals surface area contributed by atoms with Gasteiger partial charge < -0.3 is 4.90 Å². The molecule has 0 saturated heterocycles. The van der Waals surface area contributed by atoms with Crippen molar-refractivity contribution in [3.05, 3.63) is 60.4 Å². The summed E-state index contributed by atoms with van der Waals surface area (Å²) in [7, 11) is 0. The van der Waals surface area contributed by atoms with Gasteiger partial charge in [0.25, 0.3) is 5.91 Å². The Labute approximate surface area is 135 Å². The van der Waals surface area contributed by atoms with Crippen LogP contribution in [0.3, 0.4) is 0 Å². The topological polar surface area (TPSA) is 46.1 Å². The number of hydrogen-bond donors (Lipinski definition) is 0. The predicted molar refractivity (Wildman–Crippen MR) is 92.2 cm³/mol. The fraction of sp³-hybridized carbons (Fsp3) is 0.211. The van der Waals surface area contributed by atoms with E-state index in [1.165, 1.54) is 0 Å². The number of carbonyl (C=O) groups excluding carboxylic acids is 1. The van der Waals surface area contributed by atoms with E-state index in [1.54, 1.807) is 11.1 Å². The molecule has 23 heavy (non-hydrogen) atoms. The summed E-state index contributed by atoms with van der Waals surface area (Å²) in [6.45, 7) is 5.29. The molecule has 0 bridgehead atoms. The first-order valence-electron chi connectivity index (χ1n) is 7.85. The first-order chi connectivity index (χ1) is 11.2. The Balaban J connectivity index is 2.20. The first kappa shape index (κ1) is 15.2. The van der Waals surface area contributed by atoms with Crippen LogP contribution in [0.15, 0.2) is 54.7 Å². The minimum Gasteiger partial charge on any atom is -0.338 e. The Kier molecular flexibility index (Phi) is 4.33. The molecule has 0 N–H and O–H groups in total. The lowest BCUT2D eigenvalue weighted by Gasteiger charge is -2.19. The average molecular weight is 305 g/mol. The van der Waals surface area contributed by atoms with Gasteiger partial charge >= 0.3 is 0 Å². The lowest BCUT2D eigenvalue weighted by molar-refractivity contribution is 0.0767. The van der Waals surface area contributed by atoms with Crippen LogP contribution < -0.4 is 0 Å². The van der Waals surface area contributed by atoms with E-state index in [4.69, 9.17) is 0 Å². The zero-order valence-electron chi connectivity index (χ0n) is 13.4. The van der Waals surface area contributed by atoms with Crippen LogP contribution in [0.1, 0.15) is 24.3 Å². The molecule has 0 aliphatic heterocycles. The molecule has 0 radical (unpaired) electrons. The van der Waals surface area contributed by atoms with Crippen LogP contribution in [0.2, 0.25) is 0 Å². The van der Waals surface area contributed by atoms with Gasteiger partial charge in [-0.25, -0.2) is 4.98 Å². The quantitative estimate of drug-likeness (QED) is 0.737. The van der Waals surface area contributed by atoms with Crippen molar-refractivity contribution in [2.24, 2.45) is 0 Å². The molecule has 0 aliphatic rings. The van der Waals surface area contributed by atoms with Crippen molar-refractivity contribution < 1.29 is 4.79 Å². The Hall–Kier alpha value is -2.75. The second kappa shape index (κ2) is 6.57. The number of hydrogen-bond acceptors (Lipinski definition) is 3. The van der Waals surface area contributed by atoms with Gasteiger partial charge in [0.15, 0.2) is 0 Å². The van der Waals surface area contributed by atoms with E-state index in [9.17, 15) is 4.79 Å². The summed E-state index contributed by atoms with van der Waals surface area (Å²) in [5.41, 5.74) is 1.99. The maximum absolute atomic E-state index is 12.7. The van der Waals surface area contributed by atoms with Crippen molar-refractivity contribution in [3.63, 3.8) is 0 Å². The highest BCUT2D eigenvalue weighted by molar-refractivity contribution is 6.01. The highest BCUT2D eigenvalue weighted by Crippen LogP contribution is 2.26. The van der Waals surface area contributed by atoms with Crippen LogP contribution in [0.25, 0.3) is 22.2 Å². The molecule has 0 fully saturated rings. The standard InChI is InChI=1S/C19H19N3O/c1-3-22(4-2)19(23)17-13-14-9-5-6-10-15(14)18(21-17)16-11-7-8-12-20-16/h5-13H,3-4H2,1-2H3. The third-order valence-corrected chi connectivity index (χ3v) is 3.92. The van der Waals surface area contributed by atoms with Gasteiger partial charge in [-0.05, 0) is 37.4 Å². The molecule has 3 aromatic rings. The minimum absolute atomic E-state index is 0.0436. The molecule has 4 heteroatoms. The highest BCUT2D eigenvalue weighted by atomic mass is 16.2.